The molecule has 1 saturated heterocycles. The van der Waals surface area contributed by atoms with Gasteiger partial charge in [-0.25, -0.2) is 0 Å². The van der Waals surface area contributed by atoms with E-state index in [4.69, 9.17) is 0 Å². The van der Waals surface area contributed by atoms with Gasteiger partial charge in [-0.2, -0.15) is 0 Å². The summed E-state index contributed by atoms with van der Waals surface area (Å²) < 4.78 is 0. The van der Waals surface area contributed by atoms with Crippen molar-refractivity contribution in [2.45, 2.75) is 58.0 Å². The van der Waals surface area contributed by atoms with E-state index in [2.05, 4.69) is 34.7 Å². The number of aromatic nitrogens is 1. The number of pyridine rings is 1. The number of carbonyl (C=O) groups is 1. The third-order valence-corrected chi connectivity index (χ3v) is 6.28. The van der Waals surface area contributed by atoms with Crippen molar-refractivity contribution in [2.75, 3.05) is 19.6 Å². The van der Waals surface area contributed by atoms with Crippen molar-refractivity contribution in [3.05, 3.63) is 41.6 Å². The topological polar surface area (TPSA) is 36.4 Å². The van der Waals surface area contributed by atoms with Gasteiger partial charge in [0.05, 0.1) is 11.1 Å². The average molecular weight is 351 g/mol. The SMILES string of the molecule is CCN(C(=O)c1ccnc2c(C)cccc12)C1CCN(C2CCCC2)C1. The first-order chi connectivity index (χ1) is 12.7. The van der Waals surface area contributed by atoms with E-state index in [-0.39, 0.29) is 5.91 Å². The molecule has 0 radical (unpaired) electrons. The molecule has 4 nitrogen and oxygen atoms in total. The number of para-hydroxylation sites is 1. The molecule has 1 unspecified atom stereocenters. The minimum Gasteiger partial charge on any atom is -0.335 e. The Balaban J connectivity index is 1.57. The van der Waals surface area contributed by atoms with Crippen LogP contribution in [0.1, 0.15) is 54.9 Å². The van der Waals surface area contributed by atoms with E-state index in [9.17, 15) is 4.79 Å². The molecule has 1 amide bonds. The minimum absolute atomic E-state index is 0.156. The molecule has 0 spiro atoms. The lowest BCUT2D eigenvalue weighted by molar-refractivity contribution is 0.0690. The van der Waals surface area contributed by atoms with E-state index in [1.807, 2.05) is 18.2 Å². The summed E-state index contributed by atoms with van der Waals surface area (Å²) in [7, 11) is 0. The molecular formula is C22H29N3O. The van der Waals surface area contributed by atoms with Gasteiger partial charge in [0.15, 0.2) is 0 Å². The van der Waals surface area contributed by atoms with Crippen LogP contribution in [0.5, 0.6) is 0 Å². The maximum atomic E-state index is 13.4. The number of hydrogen-bond acceptors (Lipinski definition) is 3. The Morgan fingerprint density at radius 2 is 2.04 bits per heavy atom. The van der Waals surface area contributed by atoms with E-state index < -0.39 is 0 Å². The normalized spacial score (nSPS) is 21.5. The van der Waals surface area contributed by atoms with Gasteiger partial charge >= 0.3 is 0 Å². The summed E-state index contributed by atoms with van der Waals surface area (Å²) in [6.07, 6.45) is 8.27. The van der Waals surface area contributed by atoms with Gasteiger partial charge in [0, 0.05) is 43.3 Å². The largest absolute Gasteiger partial charge is 0.335 e. The maximum absolute atomic E-state index is 13.4. The molecule has 1 saturated carbocycles. The third-order valence-electron chi connectivity index (χ3n) is 6.28. The lowest BCUT2D eigenvalue weighted by Crippen LogP contribution is -2.43. The smallest absolute Gasteiger partial charge is 0.254 e. The molecule has 26 heavy (non-hydrogen) atoms. The highest BCUT2D eigenvalue weighted by molar-refractivity contribution is 6.06. The fourth-order valence-corrected chi connectivity index (χ4v) is 4.86. The summed E-state index contributed by atoms with van der Waals surface area (Å²) >= 11 is 0. The zero-order chi connectivity index (χ0) is 18.1. The second-order valence-corrected chi connectivity index (χ2v) is 7.80. The number of nitrogens with zero attached hydrogens (tertiary/aromatic N) is 3. The first-order valence-corrected chi connectivity index (χ1v) is 10.1. The van der Waals surface area contributed by atoms with Crippen molar-refractivity contribution in [1.82, 2.24) is 14.8 Å². The van der Waals surface area contributed by atoms with Crippen molar-refractivity contribution in [3.8, 4) is 0 Å². The Hall–Kier alpha value is -1.94. The van der Waals surface area contributed by atoms with E-state index in [1.54, 1.807) is 6.20 Å². The molecule has 2 aromatic rings. The molecular weight excluding hydrogens is 322 g/mol. The number of carbonyl (C=O) groups excluding carboxylic acids is 1. The van der Waals surface area contributed by atoms with Gasteiger partial charge in [-0.05, 0) is 44.7 Å². The van der Waals surface area contributed by atoms with Gasteiger partial charge in [0.2, 0.25) is 0 Å². The van der Waals surface area contributed by atoms with Crippen molar-refractivity contribution in [1.29, 1.82) is 0 Å². The van der Waals surface area contributed by atoms with Crippen LogP contribution in [-0.4, -0.2) is 52.4 Å². The zero-order valence-corrected chi connectivity index (χ0v) is 15.9. The van der Waals surface area contributed by atoms with Crippen LogP contribution in [0.25, 0.3) is 10.9 Å². The van der Waals surface area contributed by atoms with Crippen LogP contribution in [0.2, 0.25) is 0 Å². The predicted molar refractivity (Wildman–Crippen MR) is 105 cm³/mol. The Morgan fingerprint density at radius 1 is 1.23 bits per heavy atom. The number of amides is 1. The van der Waals surface area contributed by atoms with Gasteiger partial charge in [-0.3, -0.25) is 14.7 Å². The Bertz CT molecular complexity index is 797. The molecule has 4 heteroatoms. The third kappa shape index (κ3) is 3.11. The van der Waals surface area contributed by atoms with Gasteiger partial charge < -0.3 is 4.90 Å². The second kappa shape index (κ2) is 7.36. The van der Waals surface area contributed by atoms with Crippen LogP contribution in [0.15, 0.2) is 30.5 Å². The van der Waals surface area contributed by atoms with Gasteiger partial charge in [0.25, 0.3) is 5.91 Å². The predicted octanol–water partition coefficient (Wildman–Crippen LogP) is 4.02. The highest BCUT2D eigenvalue weighted by Gasteiger charge is 2.34. The van der Waals surface area contributed by atoms with Gasteiger partial charge in [-0.15, -0.1) is 0 Å². The second-order valence-electron chi connectivity index (χ2n) is 7.80. The molecule has 0 bridgehead atoms. The fraction of sp³-hybridized carbons (Fsp3) is 0.545. The molecule has 1 atom stereocenters. The Labute approximate surface area is 156 Å². The summed E-state index contributed by atoms with van der Waals surface area (Å²) in [6, 6.07) is 9.06. The maximum Gasteiger partial charge on any atom is 0.254 e. The summed E-state index contributed by atoms with van der Waals surface area (Å²) in [5.74, 6) is 0.156. The van der Waals surface area contributed by atoms with E-state index in [0.29, 0.717) is 6.04 Å². The Kier molecular flexibility index (Phi) is 4.94. The number of aryl methyl sites for hydroxylation is 1. The number of rotatable bonds is 4. The molecule has 4 rings (SSSR count). The molecule has 2 heterocycles. The fourth-order valence-electron chi connectivity index (χ4n) is 4.86. The van der Waals surface area contributed by atoms with Gasteiger partial charge in [0.1, 0.15) is 0 Å². The van der Waals surface area contributed by atoms with Crippen LogP contribution < -0.4 is 0 Å². The number of likely N-dealkylation sites (tertiary alicyclic amines) is 1. The Morgan fingerprint density at radius 3 is 2.81 bits per heavy atom. The van der Waals surface area contributed by atoms with Crippen molar-refractivity contribution >= 4 is 16.8 Å². The molecule has 1 aromatic heterocycles. The lowest BCUT2D eigenvalue weighted by Gasteiger charge is -2.30. The summed E-state index contributed by atoms with van der Waals surface area (Å²) in [5, 5.41) is 0.974. The highest BCUT2D eigenvalue weighted by atomic mass is 16.2. The molecule has 1 aromatic carbocycles. The van der Waals surface area contributed by atoms with Crippen LogP contribution in [0, 0.1) is 6.92 Å². The average Bonchev–Trinajstić information content (AvgIpc) is 3.34. The number of likely N-dealkylation sites (N-methyl/N-ethyl adjacent to an activating group) is 1. The molecule has 138 valence electrons. The van der Waals surface area contributed by atoms with Crippen LogP contribution >= 0.6 is 0 Å². The quantitative estimate of drug-likeness (QED) is 0.835. The van der Waals surface area contributed by atoms with Crippen molar-refractivity contribution in [2.24, 2.45) is 0 Å². The van der Waals surface area contributed by atoms with Gasteiger partial charge in [-0.1, -0.05) is 31.0 Å². The number of benzene rings is 1. The summed E-state index contributed by atoms with van der Waals surface area (Å²) in [4.78, 5) is 22.6. The van der Waals surface area contributed by atoms with Crippen LogP contribution in [0.3, 0.4) is 0 Å². The minimum atomic E-state index is 0.156. The van der Waals surface area contributed by atoms with Crippen LogP contribution in [-0.2, 0) is 0 Å². The number of fused-ring (bicyclic) bond motifs is 1. The molecule has 1 aliphatic heterocycles. The molecule has 2 aliphatic rings. The first kappa shape index (κ1) is 17.5. The lowest BCUT2D eigenvalue weighted by atomic mass is 10.0. The van der Waals surface area contributed by atoms with Crippen molar-refractivity contribution < 1.29 is 4.79 Å². The van der Waals surface area contributed by atoms with E-state index >= 15 is 0 Å². The van der Waals surface area contributed by atoms with Crippen LogP contribution in [0.4, 0.5) is 0 Å². The summed E-state index contributed by atoms with van der Waals surface area (Å²) in [6.45, 7) is 7.08. The first-order valence-electron chi connectivity index (χ1n) is 10.1. The zero-order valence-electron chi connectivity index (χ0n) is 15.9. The molecule has 2 fully saturated rings. The highest BCUT2D eigenvalue weighted by Crippen LogP contribution is 2.29. The standard InChI is InChI=1S/C22H29N3O/c1-3-25(18-12-14-24(15-18)17-8-4-5-9-17)22(26)20-11-13-23-21-16(2)7-6-10-19(20)21/h6-7,10-11,13,17-18H,3-5,8-9,12,14-15H2,1-2H3. The molecule has 1 aliphatic carbocycles. The monoisotopic (exact) mass is 351 g/mol. The number of hydrogen-bond donors (Lipinski definition) is 0. The van der Waals surface area contributed by atoms with E-state index in [1.165, 1.54) is 25.7 Å². The summed E-state index contributed by atoms with van der Waals surface area (Å²) in [5.41, 5.74) is 2.85. The van der Waals surface area contributed by atoms with E-state index in [0.717, 1.165) is 54.1 Å². The van der Waals surface area contributed by atoms with Crippen molar-refractivity contribution in [3.63, 3.8) is 0 Å². The molecule has 0 N–H and O–H groups in total.